The van der Waals surface area contributed by atoms with Gasteiger partial charge in [0, 0.05) is 10.4 Å². The standard InChI is InChI=1S/C14H11Br/c1-8-9(2)11-6-7-13(15)12-5-3-4-10(8)14(11)12/h3-7,9H,1H2,2H3. The summed E-state index contributed by atoms with van der Waals surface area (Å²) in [4.78, 5) is 0. The van der Waals surface area contributed by atoms with Crippen LogP contribution in [0.2, 0.25) is 0 Å². The molecule has 1 aliphatic rings. The normalized spacial score (nSPS) is 18.8. The molecule has 0 heterocycles. The second-order valence-electron chi connectivity index (χ2n) is 4.11. The maximum Gasteiger partial charge on any atom is 0.0254 e. The molecule has 15 heavy (non-hydrogen) atoms. The summed E-state index contributed by atoms with van der Waals surface area (Å²) in [6.07, 6.45) is 0. The third-order valence-electron chi connectivity index (χ3n) is 3.35. The van der Waals surface area contributed by atoms with Crippen LogP contribution in [-0.2, 0) is 0 Å². The van der Waals surface area contributed by atoms with E-state index in [0.29, 0.717) is 5.92 Å². The minimum atomic E-state index is 0.456. The maximum atomic E-state index is 4.19. The first-order valence-electron chi connectivity index (χ1n) is 5.10. The second-order valence-corrected chi connectivity index (χ2v) is 4.97. The Kier molecular flexibility index (Phi) is 1.81. The molecule has 1 aliphatic carbocycles. The Bertz CT molecular complexity index is 581. The summed E-state index contributed by atoms with van der Waals surface area (Å²) in [7, 11) is 0. The number of halogens is 1. The molecule has 3 rings (SSSR count). The third-order valence-corrected chi connectivity index (χ3v) is 4.05. The fraction of sp³-hybridized carbons (Fsp3) is 0.143. The van der Waals surface area contributed by atoms with Gasteiger partial charge in [-0.2, -0.15) is 0 Å². The van der Waals surface area contributed by atoms with Crippen molar-refractivity contribution >= 4 is 32.3 Å². The van der Waals surface area contributed by atoms with Gasteiger partial charge in [-0.3, -0.25) is 0 Å². The highest BCUT2D eigenvalue weighted by Crippen LogP contribution is 2.46. The van der Waals surface area contributed by atoms with Gasteiger partial charge in [0.2, 0.25) is 0 Å². The van der Waals surface area contributed by atoms with Gasteiger partial charge in [-0.25, -0.2) is 0 Å². The van der Waals surface area contributed by atoms with Crippen molar-refractivity contribution in [1.29, 1.82) is 0 Å². The summed E-state index contributed by atoms with van der Waals surface area (Å²) >= 11 is 3.60. The van der Waals surface area contributed by atoms with Gasteiger partial charge in [-0.1, -0.05) is 53.7 Å². The van der Waals surface area contributed by atoms with Gasteiger partial charge in [0.1, 0.15) is 0 Å². The molecular weight excluding hydrogens is 248 g/mol. The van der Waals surface area contributed by atoms with Gasteiger partial charge in [0.05, 0.1) is 0 Å². The summed E-state index contributed by atoms with van der Waals surface area (Å²) in [6.45, 7) is 6.42. The van der Waals surface area contributed by atoms with Crippen molar-refractivity contribution in [2.75, 3.05) is 0 Å². The molecule has 2 aromatic rings. The molecule has 0 N–H and O–H groups in total. The summed E-state index contributed by atoms with van der Waals surface area (Å²) in [5.41, 5.74) is 3.97. The van der Waals surface area contributed by atoms with Gasteiger partial charge in [-0.05, 0) is 33.5 Å². The van der Waals surface area contributed by atoms with Crippen LogP contribution in [0.5, 0.6) is 0 Å². The molecular formula is C14H11Br. The Hall–Kier alpha value is -1.08. The smallest absolute Gasteiger partial charge is 0.0254 e. The Morgan fingerprint density at radius 1 is 1.20 bits per heavy atom. The molecule has 0 saturated heterocycles. The van der Waals surface area contributed by atoms with E-state index in [4.69, 9.17) is 0 Å². The minimum Gasteiger partial charge on any atom is -0.0946 e. The van der Waals surface area contributed by atoms with Crippen LogP contribution in [0.3, 0.4) is 0 Å². The summed E-state index contributed by atoms with van der Waals surface area (Å²) in [5.74, 6) is 0.456. The predicted octanol–water partition coefficient (Wildman–Crippen LogP) is 4.73. The van der Waals surface area contributed by atoms with Gasteiger partial charge < -0.3 is 0 Å². The predicted molar refractivity (Wildman–Crippen MR) is 69.1 cm³/mol. The summed E-state index contributed by atoms with van der Waals surface area (Å²) in [5, 5.41) is 2.68. The number of hydrogen-bond acceptors (Lipinski definition) is 0. The van der Waals surface area contributed by atoms with E-state index in [0.717, 1.165) is 0 Å². The maximum absolute atomic E-state index is 4.19. The zero-order valence-electron chi connectivity index (χ0n) is 8.55. The highest BCUT2D eigenvalue weighted by Gasteiger charge is 2.24. The Morgan fingerprint density at radius 2 is 2.00 bits per heavy atom. The first-order chi connectivity index (χ1) is 7.20. The lowest BCUT2D eigenvalue weighted by molar-refractivity contribution is 1.03. The average Bonchev–Trinajstić information content (AvgIpc) is 2.50. The topological polar surface area (TPSA) is 0 Å². The van der Waals surface area contributed by atoms with Crippen LogP contribution in [0.1, 0.15) is 24.0 Å². The lowest BCUT2D eigenvalue weighted by atomic mass is 10.00. The minimum absolute atomic E-state index is 0.456. The number of rotatable bonds is 0. The van der Waals surface area contributed by atoms with Crippen molar-refractivity contribution in [2.45, 2.75) is 12.8 Å². The van der Waals surface area contributed by atoms with Crippen LogP contribution >= 0.6 is 15.9 Å². The number of hydrogen-bond donors (Lipinski definition) is 0. The molecule has 0 saturated carbocycles. The van der Waals surface area contributed by atoms with E-state index in [9.17, 15) is 0 Å². The van der Waals surface area contributed by atoms with E-state index in [1.165, 1.54) is 31.9 Å². The molecule has 0 aromatic heterocycles. The largest absolute Gasteiger partial charge is 0.0946 e. The third kappa shape index (κ3) is 1.07. The van der Waals surface area contributed by atoms with E-state index in [2.05, 4.69) is 59.8 Å². The molecule has 0 aliphatic heterocycles. The van der Waals surface area contributed by atoms with Crippen molar-refractivity contribution in [1.82, 2.24) is 0 Å². The summed E-state index contributed by atoms with van der Waals surface area (Å²) in [6, 6.07) is 10.8. The van der Waals surface area contributed by atoms with Crippen LogP contribution in [0.25, 0.3) is 16.3 Å². The molecule has 0 amide bonds. The van der Waals surface area contributed by atoms with Crippen molar-refractivity contribution in [3.05, 3.63) is 52.5 Å². The molecule has 74 valence electrons. The molecule has 1 heteroatoms. The van der Waals surface area contributed by atoms with Crippen LogP contribution < -0.4 is 0 Å². The molecule has 1 unspecified atom stereocenters. The van der Waals surface area contributed by atoms with E-state index in [-0.39, 0.29) is 0 Å². The van der Waals surface area contributed by atoms with Crippen molar-refractivity contribution in [3.8, 4) is 0 Å². The number of allylic oxidation sites excluding steroid dienone is 1. The van der Waals surface area contributed by atoms with Crippen LogP contribution in [0.4, 0.5) is 0 Å². The van der Waals surface area contributed by atoms with Gasteiger partial charge in [0.25, 0.3) is 0 Å². The number of benzene rings is 2. The Balaban J connectivity index is 2.56. The SMILES string of the molecule is C=C1c2cccc3c(Br)ccc(c23)C1C. The average molecular weight is 259 g/mol. The van der Waals surface area contributed by atoms with E-state index in [1.54, 1.807) is 0 Å². The molecule has 0 fully saturated rings. The molecule has 0 spiro atoms. The van der Waals surface area contributed by atoms with Crippen LogP contribution in [0.15, 0.2) is 41.4 Å². The van der Waals surface area contributed by atoms with E-state index in [1.807, 2.05) is 0 Å². The molecule has 2 aromatic carbocycles. The quantitative estimate of drug-likeness (QED) is 0.641. The first kappa shape index (κ1) is 9.17. The molecule has 0 radical (unpaired) electrons. The Labute approximate surface area is 97.7 Å². The monoisotopic (exact) mass is 258 g/mol. The van der Waals surface area contributed by atoms with E-state index >= 15 is 0 Å². The first-order valence-corrected chi connectivity index (χ1v) is 5.89. The molecule has 0 nitrogen and oxygen atoms in total. The van der Waals surface area contributed by atoms with Gasteiger partial charge in [0.15, 0.2) is 0 Å². The fourth-order valence-corrected chi connectivity index (χ4v) is 2.91. The zero-order chi connectivity index (χ0) is 10.6. The summed E-state index contributed by atoms with van der Waals surface area (Å²) < 4.78 is 1.17. The second kappa shape index (κ2) is 2.96. The van der Waals surface area contributed by atoms with Crippen LogP contribution in [0, 0.1) is 0 Å². The molecule has 0 bridgehead atoms. The van der Waals surface area contributed by atoms with Crippen molar-refractivity contribution in [2.24, 2.45) is 0 Å². The van der Waals surface area contributed by atoms with Crippen molar-refractivity contribution < 1.29 is 0 Å². The highest BCUT2D eigenvalue weighted by atomic mass is 79.9. The van der Waals surface area contributed by atoms with Crippen LogP contribution in [-0.4, -0.2) is 0 Å². The fourth-order valence-electron chi connectivity index (χ4n) is 2.45. The lowest BCUT2D eigenvalue weighted by Crippen LogP contribution is -1.86. The molecule has 1 atom stereocenters. The van der Waals surface area contributed by atoms with Crippen molar-refractivity contribution in [3.63, 3.8) is 0 Å². The van der Waals surface area contributed by atoms with Gasteiger partial charge in [-0.15, -0.1) is 0 Å². The highest BCUT2D eigenvalue weighted by molar-refractivity contribution is 9.10. The van der Waals surface area contributed by atoms with Gasteiger partial charge >= 0.3 is 0 Å². The lowest BCUT2D eigenvalue weighted by Gasteiger charge is -2.05. The Morgan fingerprint density at radius 3 is 2.80 bits per heavy atom. The van der Waals surface area contributed by atoms with E-state index < -0.39 is 0 Å². The zero-order valence-corrected chi connectivity index (χ0v) is 10.1.